The molecule has 5 fully saturated rings. The second-order valence-corrected chi connectivity index (χ2v) is 9.07. The maximum absolute atomic E-state index is 12.8. The molecule has 4 aliphatic carbocycles. The van der Waals surface area contributed by atoms with Crippen LogP contribution >= 0.6 is 0 Å². The van der Waals surface area contributed by atoms with Crippen molar-refractivity contribution in [2.45, 2.75) is 57.8 Å². The number of hydrogen-bond donors (Lipinski definition) is 2. The van der Waals surface area contributed by atoms with Crippen LogP contribution < -0.4 is 10.6 Å². The van der Waals surface area contributed by atoms with Crippen molar-refractivity contribution >= 4 is 17.7 Å². The highest BCUT2D eigenvalue weighted by Crippen LogP contribution is 2.60. The highest BCUT2D eigenvalue weighted by molar-refractivity contribution is 5.88. The van der Waals surface area contributed by atoms with Gasteiger partial charge in [0.25, 0.3) is 0 Å². The number of rotatable bonds is 6. The van der Waals surface area contributed by atoms with Crippen molar-refractivity contribution in [1.29, 1.82) is 0 Å². The normalized spacial score (nSPS) is 34.8. The van der Waals surface area contributed by atoms with E-state index in [9.17, 15) is 14.4 Å². The van der Waals surface area contributed by atoms with Crippen LogP contribution in [0.2, 0.25) is 0 Å². The highest BCUT2D eigenvalue weighted by atomic mass is 16.2. The first-order valence-electron chi connectivity index (χ1n) is 10.4. The van der Waals surface area contributed by atoms with Crippen LogP contribution in [0.1, 0.15) is 57.8 Å². The minimum absolute atomic E-state index is 0.0263. The van der Waals surface area contributed by atoms with E-state index in [1.54, 1.807) is 0 Å². The molecule has 26 heavy (non-hydrogen) atoms. The third kappa shape index (κ3) is 3.60. The van der Waals surface area contributed by atoms with Crippen LogP contribution in [0.25, 0.3) is 0 Å². The van der Waals surface area contributed by atoms with Gasteiger partial charge in [-0.05, 0) is 69.1 Å². The van der Waals surface area contributed by atoms with E-state index in [1.165, 1.54) is 19.3 Å². The maximum atomic E-state index is 12.8. The van der Waals surface area contributed by atoms with Crippen molar-refractivity contribution in [3.8, 4) is 0 Å². The summed E-state index contributed by atoms with van der Waals surface area (Å²) in [4.78, 5) is 38.7. The molecule has 0 unspecified atom stereocenters. The standard InChI is InChI=1S/C20H31N3O3/c24-17(21-4-3-18(25)23-5-1-2-6-23)13-22-19(26)20-10-14-7-15(11-20)9-16(8-14)12-20/h14-16H,1-13H2,(H,21,24)(H,22,26). The SMILES string of the molecule is O=C(CNC(=O)C12CC3CC(CC(C3)C1)C2)NCCC(=O)N1CCCC1. The molecule has 5 aliphatic rings. The van der Waals surface area contributed by atoms with Gasteiger partial charge < -0.3 is 15.5 Å². The van der Waals surface area contributed by atoms with Crippen LogP contribution in [0, 0.1) is 23.2 Å². The van der Waals surface area contributed by atoms with E-state index >= 15 is 0 Å². The number of likely N-dealkylation sites (tertiary alicyclic amines) is 1. The Morgan fingerprint density at radius 1 is 0.885 bits per heavy atom. The summed E-state index contributed by atoms with van der Waals surface area (Å²) >= 11 is 0. The number of nitrogens with zero attached hydrogens (tertiary/aromatic N) is 1. The molecule has 0 aromatic rings. The van der Waals surface area contributed by atoms with E-state index in [-0.39, 0.29) is 29.7 Å². The van der Waals surface area contributed by atoms with E-state index in [0.717, 1.165) is 62.9 Å². The fourth-order valence-electron chi connectivity index (χ4n) is 6.23. The quantitative estimate of drug-likeness (QED) is 0.752. The van der Waals surface area contributed by atoms with Gasteiger partial charge in [-0.2, -0.15) is 0 Å². The molecular formula is C20H31N3O3. The molecule has 6 nitrogen and oxygen atoms in total. The van der Waals surface area contributed by atoms with Gasteiger partial charge >= 0.3 is 0 Å². The number of hydrogen-bond acceptors (Lipinski definition) is 3. The van der Waals surface area contributed by atoms with Crippen LogP contribution in [0.4, 0.5) is 0 Å². The van der Waals surface area contributed by atoms with Crippen LogP contribution in [-0.4, -0.2) is 48.8 Å². The maximum Gasteiger partial charge on any atom is 0.239 e. The van der Waals surface area contributed by atoms with E-state index in [4.69, 9.17) is 0 Å². The predicted molar refractivity (Wildman–Crippen MR) is 97.1 cm³/mol. The van der Waals surface area contributed by atoms with Crippen LogP contribution in [0.5, 0.6) is 0 Å². The first-order chi connectivity index (χ1) is 12.5. The zero-order chi connectivity index (χ0) is 18.1. The highest BCUT2D eigenvalue weighted by Gasteiger charge is 2.54. The van der Waals surface area contributed by atoms with Crippen molar-refractivity contribution in [3.05, 3.63) is 0 Å². The Bertz CT molecular complexity index is 548. The number of nitrogens with one attached hydrogen (secondary N) is 2. The van der Waals surface area contributed by atoms with E-state index < -0.39 is 0 Å². The molecule has 1 heterocycles. The monoisotopic (exact) mass is 361 g/mol. The van der Waals surface area contributed by atoms with Gasteiger partial charge in [0, 0.05) is 31.5 Å². The average molecular weight is 361 g/mol. The summed E-state index contributed by atoms with van der Waals surface area (Å²) in [5.41, 5.74) is -0.208. The average Bonchev–Trinajstić information content (AvgIpc) is 3.13. The van der Waals surface area contributed by atoms with Crippen LogP contribution in [-0.2, 0) is 14.4 Å². The molecule has 3 amide bonds. The summed E-state index contributed by atoms with van der Waals surface area (Å²) in [5.74, 6) is 2.16. The van der Waals surface area contributed by atoms with Gasteiger partial charge in [0.1, 0.15) is 0 Å². The molecule has 2 N–H and O–H groups in total. The van der Waals surface area contributed by atoms with Crippen LogP contribution in [0.3, 0.4) is 0 Å². The Labute approximate surface area is 155 Å². The molecule has 1 aliphatic heterocycles. The Morgan fingerprint density at radius 2 is 1.46 bits per heavy atom. The second-order valence-electron chi connectivity index (χ2n) is 9.07. The van der Waals surface area contributed by atoms with Crippen molar-refractivity contribution in [2.75, 3.05) is 26.2 Å². The lowest BCUT2D eigenvalue weighted by molar-refractivity contribution is -0.147. The molecule has 1 saturated heterocycles. The van der Waals surface area contributed by atoms with Crippen molar-refractivity contribution in [2.24, 2.45) is 23.2 Å². The molecule has 0 aromatic carbocycles. The summed E-state index contributed by atoms with van der Waals surface area (Å²) in [6.45, 7) is 2.06. The summed E-state index contributed by atoms with van der Waals surface area (Å²) < 4.78 is 0. The summed E-state index contributed by atoms with van der Waals surface area (Å²) in [6, 6.07) is 0. The first kappa shape index (κ1) is 17.8. The van der Waals surface area contributed by atoms with Gasteiger partial charge in [-0.15, -0.1) is 0 Å². The van der Waals surface area contributed by atoms with Gasteiger partial charge in [0.05, 0.1) is 6.54 Å². The van der Waals surface area contributed by atoms with E-state index in [1.807, 2.05) is 4.90 Å². The summed E-state index contributed by atoms with van der Waals surface area (Å²) in [7, 11) is 0. The number of carbonyl (C=O) groups excluding carboxylic acids is 3. The van der Waals surface area contributed by atoms with Crippen molar-refractivity contribution in [3.63, 3.8) is 0 Å². The van der Waals surface area contributed by atoms with Gasteiger partial charge in [-0.25, -0.2) is 0 Å². The molecule has 0 radical (unpaired) electrons. The Kier molecular flexibility index (Phi) is 4.93. The van der Waals surface area contributed by atoms with Gasteiger partial charge in [-0.1, -0.05) is 0 Å². The first-order valence-corrected chi connectivity index (χ1v) is 10.4. The number of amides is 3. The molecule has 144 valence electrons. The Balaban J connectivity index is 1.18. The van der Waals surface area contributed by atoms with Crippen LogP contribution in [0.15, 0.2) is 0 Å². The smallest absolute Gasteiger partial charge is 0.239 e. The molecule has 0 spiro atoms. The van der Waals surface area contributed by atoms with E-state index in [0.29, 0.717) is 13.0 Å². The lowest BCUT2D eigenvalue weighted by Gasteiger charge is -2.55. The summed E-state index contributed by atoms with van der Waals surface area (Å²) in [5, 5.41) is 5.65. The van der Waals surface area contributed by atoms with E-state index in [2.05, 4.69) is 10.6 Å². The molecule has 0 atom stereocenters. The molecule has 4 saturated carbocycles. The summed E-state index contributed by atoms with van der Waals surface area (Å²) in [6.07, 6.45) is 9.44. The fourth-order valence-corrected chi connectivity index (χ4v) is 6.23. The van der Waals surface area contributed by atoms with Gasteiger partial charge in [-0.3, -0.25) is 14.4 Å². The minimum atomic E-state index is -0.208. The lowest BCUT2D eigenvalue weighted by atomic mass is 9.49. The zero-order valence-corrected chi connectivity index (χ0v) is 15.6. The van der Waals surface area contributed by atoms with Gasteiger partial charge in [0.2, 0.25) is 17.7 Å². The minimum Gasteiger partial charge on any atom is -0.354 e. The largest absolute Gasteiger partial charge is 0.354 e. The molecule has 4 bridgehead atoms. The molecule has 6 heteroatoms. The molecule has 5 rings (SSSR count). The predicted octanol–water partition coefficient (Wildman–Crippen LogP) is 1.45. The Morgan fingerprint density at radius 3 is 2.04 bits per heavy atom. The molecular weight excluding hydrogens is 330 g/mol. The Hall–Kier alpha value is -1.59. The third-order valence-electron chi connectivity index (χ3n) is 7.05. The molecule has 0 aromatic heterocycles. The topological polar surface area (TPSA) is 78.5 Å². The third-order valence-corrected chi connectivity index (χ3v) is 7.05. The lowest BCUT2D eigenvalue weighted by Crippen LogP contribution is -2.54. The zero-order valence-electron chi connectivity index (χ0n) is 15.6. The van der Waals surface area contributed by atoms with Crippen molar-refractivity contribution < 1.29 is 14.4 Å². The van der Waals surface area contributed by atoms with Crippen molar-refractivity contribution in [1.82, 2.24) is 15.5 Å². The van der Waals surface area contributed by atoms with Gasteiger partial charge in [0.15, 0.2) is 0 Å². The number of carbonyl (C=O) groups is 3. The second kappa shape index (κ2) is 7.20. The fraction of sp³-hybridized carbons (Fsp3) is 0.850.